The van der Waals surface area contributed by atoms with Crippen LogP contribution in [0.5, 0.6) is 5.75 Å². The van der Waals surface area contributed by atoms with Crippen LogP contribution in [0.25, 0.3) is 0 Å². The van der Waals surface area contributed by atoms with E-state index in [0.717, 1.165) is 44.2 Å². The third-order valence-electron chi connectivity index (χ3n) is 4.85. The number of hydrogen-bond acceptors (Lipinski definition) is 5. The third kappa shape index (κ3) is 4.26. The van der Waals surface area contributed by atoms with Gasteiger partial charge in [0, 0.05) is 0 Å². The van der Waals surface area contributed by atoms with E-state index in [9.17, 15) is 56.3 Å². The Bertz CT molecular complexity index is 1030. The second-order valence-electron chi connectivity index (χ2n) is 7.00. The lowest BCUT2D eigenvalue weighted by molar-refractivity contribution is -0.248. The fourth-order valence-electron chi connectivity index (χ4n) is 3.05. The van der Waals surface area contributed by atoms with Crippen LogP contribution in [0.1, 0.15) is 43.6 Å². The van der Waals surface area contributed by atoms with Crippen LogP contribution in [0.2, 0.25) is 0 Å². The summed E-state index contributed by atoms with van der Waals surface area (Å²) in [4.78, 5) is 0. The first-order valence-electron chi connectivity index (χ1n) is 8.78. The zero-order valence-electron chi connectivity index (χ0n) is 15.7. The van der Waals surface area contributed by atoms with Crippen molar-refractivity contribution in [2.45, 2.75) is 60.0 Å². The van der Waals surface area contributed by atoms with E-state index < -0.39 is 47.6 Å². The molecule has 0 atom stereocenters. The Kier molecular flexibility index (Phi) is 6.85. The highest BCUT2D eigenvalue weighted by atomic mass is 32.2. The molecule has 0 aliphatic heterocycles. The predicted molar refractivity (Wildman–Crippen MR) is 91.6 cm³/mol. The quantitative estimate of drug-likeness (QED) is 0.364. The van der Waals surface area contributed by atoms with E-state index in [2.05, 4.69) is 4.18 Å². The van der Waals surface area contributed by atoms with Crippen molar-refractivity contribution in [3.63, 3.8) is 0 Å². The normalized spacial score (nSPS) is 17.9. The molecule has 0 bridgehead atoms. The minimum absolute atomic E-state index is 0.0476. The van der Waals surface area contributed by atoms with Crippen molar-refractivity contribution in [3.8, 4) is 5.75 Å². The fourth-order valence-corrected chi connectivity index (χ4v) is 4.78. The van der Waals surface area contributed by atoms with Crippen molar-refractivity contribution in [2.24, 2.45) is 0 Å². The molecule has 0 heterocycles. The van der Waals surface area contributed by atoms with Crippen molar-refractivity contribution < 1.29 is 60.5 Å². The van der Waals surface area contributed by atoms with Crippen LogP contribution in [0.15, 0.2) is 24.3 Å². The van der Waals surface area contributed by atoms with Gasteiger partial charge in [-0.2, -0.15) is 47.9 Å². The van der Waals surface area contributed by atoms with Crippen molar-refractivity contribution in [2.75, 3.05) is 0 Å². The maximum absolute atomic E-state index is 13.9. The molecule has 1 saturated carbocycles. The molecule has 16 heteroatoms. The molecule has 0 unspecified atom stereocenters. The minimum Gasteiger partial charge on any atom is -0.378 e. The molecule has 32 heavy (non-hydrogen) atoms. The molecule has 1 aliphatic carbocycles. The summed E-state index contributed by atoms with van der Waals surface area (Å²) in [6.07, 6.45) is 4.33. The van der Waals surface area contributed by atoms with Gasteiger partial charge in [0.05, 0.1) is 0 Å². The molecule has 0 N–H and O–H groups in total. The molecular weight excluding hydrogens is 507 g/mol. The SMILES string of the molecule is O=S(=O)(Oc1ccc(C2CCCCC2)cc1)C(F)(F)C(F)(F)C(F)(F)S(=O)(=O)C(F)(F)F. The van der Waals surface area contributed by atoms with Gasteiger partial charge in [-0.15, -0.1) is 0 Å². The first-order valence-corrected chi connectivity index (χ1v) is 11.7. The summed E-state index contributed by atoms with van der Waals surface area (Å²) >= 11 is 0. The number of rotatable bonds is 7. The summed E-state index contributed by atoms with van der Waals surface area (Å²) in [6, 6.07) is 3.97. The molecule has 1 aliphatic rings. The first kappa shape index (κ1) is 26.5. The summed E-state index contributed by atoms with van der Waals surface area (Å²) in [5.41, 5.74) is -6.45. The summed E-state index contributed by atoms with van der Waals surface area (Å²) in [6.45, 7) is 0. The number of alkyl halides is 9. The standard InChI is InChI=1S/C16H15F9O5S2/c17-13(18,14(19,20)31(26,27)16(23,24)25)15(21,22)32(28,29)30-12-8-6-11(7-9-12)10-4-2-1-3-5-10/h6-10H,1-5H2. The minimum atomic E-state index is -8.25. The van der Waals surface area contributed by atoms with Gasteiger partial charge in [-0.25, -0.2) is 8.42 Å². The third-order valence-corrected chi connectivity index (χ3v) is 7.69. The van der Waals surface area contributed by atoms with Crippen LogP contribution in [0.4, 0.5) is 39.5 Å². The van der Waals surface area contributed by atoms with E-state index in [1.165, 1.54) is 12.1 Å². The molecule has 1 fully saturated rings. The molecule has 1 aromatic carbocycles. The van der Waals surface area contributed by atoms with E-state index in [1.807, 2.05) is 0 Å². The molecule has 1 aromatic rings. The van der Waals surface area contributed by atoms with Gasteiger partial charge in [-0.1, -0.05) is 31.4 Å². The zero-order valence-corrected chi connectivity index (χ0v) is 17.3. The Balaban J connectivity index is 2.35. The number of sulfone groups is 1. The van der Waals surface area contributed by atoms with Crippen molar-refractivity contribution in [3.05, 3.63) is 29.8 Å². The van der Waals surface area contributed by atoms with Crippen LogP contribution >= 0.6 is 0 Å². The predicted octanol–water partition coefficient (Wildman–Crippen LogP) is 5.20. The van der Waals surface area contributed by atoms with Crippen LogP contribution in [0.3, 0.4) is 0 Å². The summed E-state index contributed by atoms with van der Waals surface area (Å²) in [5, 5.41) is -14.6. The highest BCUT2D eigenvalue weighted by Gasteiger charge is 2.86. The largest absolute Gasteiger partial charge is 0.503 e. The second kappa shape index (κ2) is 8.25. The van der Waals surface area contributed by atoms with E-state index in [4.69, 9.17) is 0 Å². The van der Waals surface area contributed by atoms with Crippen molar-refractivity contribution >= 4 is 20.0 Å². The van der Waals surface area contributed by atoms with Gasteiger partial charge in [-0.3, -0.25) is 0 Å². The Labute approximate surface area is 176 Å². The zero-order chi connectivity index (χ0) is 24.8. The Morgan fingerprint density at radius 2 is 1.19 bits per heavy atom. The average molecular weight is 522 g/mol. The smallest absolute Gasteiger partial charge is 0.378 e. The van der Waals surface area contributed by atoms with Gasteiger partial charge in [0.2, 0.25) is 0 Å². The van der Waals surface area contributed by atoms with E-state index in [-0.39, 0.29) is 5.92 Å². The fraction of sp³-hybridized carbons (Fsp3) is 0.625. The van der Waals surface area contributed by atoms with Crippen LogP contribution in [0, 0.1) is 0 Å². The van der Waals surface area contributed by atoms with Crippen LogP contribution in [-0.4, -0.2) is 38.8 Å². The number of halogens is 9. The van der Waals surface area contributed by atoms with E-state index in [1.54, 1.807) is 0 Å². The second-order valence-corrected chi connectivity index (χ2v) is 10.6. The summed E-state index contributed by atoms with van der Waals surface area (Å²) in [7, 11) is -15.3. The van der Waals surface area contributed by atoms with Crippen molar-refractivity contribution in [1.29, 1.82) is 0 Å². The van der Waals surface area contributed by atoms with Gasteiger partial charge in [-0.05, 0) is 36.5 Å². The molecule has 184 valence electrons. The molecule has 0 spiro atoms. The van der Waals surface area contributed by atoms with E-state index in [0.29, 0.717) is 5.56 Å². The lowest BCUT2D eigenvalue weighted by atomic mass is 9.84. The van der Waals surface area contributed by atoms with Crippen LogP contribution in [-0.2, 0) is 20.0 Å². The van der Waals surface area contributed by atoms with Gasteiger partial charge in [0.25, 0.3) is 0 Å². The molecule has 0 amide bonds. The first-order chi connectivity index (χ1) is 14.3. The summed E-state index contributed by atoms with van der Waals surface area (Å²) < 4.78 is 167. The monoisotopic (exact) mass is 522 g/mol. The lowest BCUT2D eigenvalue weighted by Gasteiger charge is -2.31. The highest BCUT2D eigenvalue weighted by molar-refractivity contribution is 7.93. The molecular formula is C16H15F9O5S2. The van der Waals surface area contributed by atoms with Crippen molar-refractivity contribution in [1.82, 2.24) is 0 Å². The number of benzene rings is 1. The van der Waals surface area contributed by atoms with E-state index >= 15 is 0 Å². The highest BCUT2D eigenvalue weighted by Crippen LogP contribution is 2.54. The molecule has 2 rings (SSSR count). The Morgan fingerprint density at radius 1 is 0.719 bits per heavy atom. The lowest BCUT2D eigenvalue weighted by Crippen LogP contribution is -2.63. The molecule has 5 nitrogen and oxygen atoms in total. The Hall–Kier alpha value is -1.71. The van der Waals surface area contributed by atoms with Gasteiger partial charge >= 0.3 is 41.9 Å². The number of hydrogen-bond donors (Lipinski definition) is 0. The van der Waals surface area contributed by atoms with Crippen LogP contribution < -0.4 is 4.18 Å². The molecule has 0 saturated heterocycles. The molecule has 0 aromatic heterocycles. The van der Waals surface area contributed by atoms with Gasteiger partial charge < -0.3 is 4.18 Å². The van der Waals surface area contributed by atoms with Gasteiger partial charge in [0.1, 0.15) is 5.75 Å². The average Bonchev–Trinajstić information content (AvgIpc) is 2.67. The van der Waals surface area contributed by atoms with Gasteiger partial charge in [0.15, 0.2) is 0 Å². The Morgan fingerprint density at radius 3 is 1.62 bits per heavy atom. The topological polar surface area (TPSA) is 77.5 Å². The maximum Gasteiger partial charge on any atom is 0.503 e. The molecule has 0 radical (unpaired) electrons. The summed E-state index contributed by atoms with van der Waals surface area (Å²) in [5.74, 6) is -8.52. The maximum atomic E-state index is 13.9.